The molecule has 0 radical (unpaired) electrons. The number of anilines is 1. The van der Waals surface area contributed by atoms with Gasteiger partial charge in [0, 0.05) is 0 Å². The Morgan fingerprint density at radius 2 is 2.37 bits per heavy atom. The van der Waals surface area contributed by atoms with Gasteiger partial charge in [-0.05, 0) is 17.7 Å². The molecule has 7 heteroatoms. The molecule has 6 nitrogen and oxygen atoms in total. The lowest BCUT2D eigenvalue weighted by molar-refractivity contribution is -0.121. The first kappa shape index (κ1) is 13.4. The number of aromatic nitrogens is 2. The summed E-state index contributed by atoms with van der Waals surface area (Å²) in [5, 5.41) is 10.4. The fourth-order valence-electron chi connectivity index (χ4n) is 1.41. The molecule has 19 heavy (non-hydrogen) atoms. The van der Waals surface area contributed by atoms with Crippen LogP contribution in [0, 0.1) is 0 Å². The third kappa shape index (κ3) is 4.31. The van der Waals surface area contributed by atoms with E-state index in [1.165, 1.54) is 11.3 Å². The normalized spacial score (nSPS) is 10.2. The van der Waals surface area contributed by atoms with Crippen LogP contribution in [0.25, 0.3) is 0 Å². The molecule has 100 valence electrons. The Kier molecular flexibility index (Phi) is 4.82. The summed E-state index contributed by atoms with van der Waals surface area (Å²) in [5.74, 6) is 0.513. The number of hydrogen-bond acceptors (Lipinski definition) is 6. The summed E-state index contributed by atoms with van der Waals surface area (Å²) in [6, 6.07) is 7.50. The standard InChI is InChI=1S/C12H13N3O3S/c1-17-10-4-2-3-9(5-10)6-18-7-11(16)14-12-15-13-8-19-12/h2-5,8H,6-7H2,1H3,(H,14,15,16). The second-order valence-electron chi connectivity index (χ2n) is 3.64. The Morgan fingerprint density at radius 1 is 1.47 bits per heavy atom. The highest BCUT2D eigenvalue weighted by atomic mass is 32.1. The number of amides is 1. The second-order valence-corrected chi connectivity index (χ2v) is 4.47. The van der Waals surface area contributed by atoms with Crippen LogP contribution in [-0.2, 0) is 16.1 Å². The molecule has 0 atom stereocenters. The highest BCUT2D eigenvalue weighted by Crippen LogP contribution is 2.13. The van der Waals surface area contributed by atoms with Gasteiger partial charge >= 0.3 is 0 Å². The number of rotatable bonds is 6. The zero-order valence-corrected chi connectivity index (χ0v) is 11.1. The zero-order chi connectivity index (χ0) is 13.5. The zero-order valence-electron chi connectivity index (χ0n) is 10.3. The number of carbonyl (C=O) groups is 1. The van der Waals surface area contributed by atoms with Crippen LogP contribution < -0.4 is 10.1 Å². The lowest BCUT2D eigenvalue weighted by Gasteiger charge is -2.05. The molecular formula is C12H13N3O3S. The van der Waals surface area contributed by atoms with Gasteiger partial charge in [0.25, 0.3) is 5.91 Å². The summed E-state index contributed by atoms with van der Waals surface area (Å²) in [6.07, 6.45) is 0. The molecule has 2 aromatic rings. The molecule has 1 N–H and O–H groups in total. The molecule has 2 rings (SSSR count). The number of ether oxygens (including phenoxy) is 2. The van der Waals surface area contributed by atoms with Crippen LogP contribution in [0.15, 0.2) is 29.8 Å². The van der Waals surface area contributed by atoms with Gasteiger partial charge in [-0.1, -0.05) is 23.5 Å². The second kappa shape index (κ2) is 6.81. The van der Waals surface area contributed by atoms with E-state index in [0.717, 1.165) is 11.3 Å². The van der Waals surface area contributed by atoms with Crippen LogP contribution in [0.5, 0.6) is 5.75 Å². The smallest absolute Gasteiger partial charge is 0.252 e. The van der Waals surface area contributed by atoms with Crippen molar-refractivity contribution in [1.29, 1.82) is 0 Å². The minimum absolute atomic E-state index is 0.0310. The van der Waals surface area contributed by atoms with E-state index in [9.17, 15) is 4.79 Å². The van der Waals surface area contributed by atoms with E-state index in [-0.39, 0.29) is 12.5 Å². The number of benzene rings is 1. The third-order valence-electron chi connectivity index (χ3n) is 2.24. The van der Waals surface area contributed by atoms with Gasteiger partial charge in [0.15, 0.2) is 0 Å². The average Bonchev–Trinajstić information content (AvgIpc) is 2.92. The fourth-order valence-corrected chi connectivity index (χ4v) is 1.87. The van der Waals surface area contributed by atoms with E-state index in [1.807, 2.05) is 24.3 Å². The Bertz CT molecular complexity index is 531. The van der Waals surface area contributed by atoms with Crippen LogP contribution in [0.3, 0.4) is 0 Å². The quantitative estimate of drug-likeness (QED) is 0.871. The molecule has 0 fully saturated rings. The van der Waals surface area contributed by atoms with Crippen molar-refractivity contribution in [3.8, 4) is 5.75 Å². The summed E-state index contributed by atoms with van der Waals surface area (Å²) < 4.78 is 10.4. The van der Waals surface area contributed by atoms with Gasteiger partial charge in [0.05, 0.1) is 13.7 Å². The van der Waals surface area contributed by atoms with Crippen molar-refractivity contribution in [3.05, 3.63) is 35.3 Å². The molecule has 0 spiro atoms. The lowest BCUT2D eigenvalue weighted by Crippen LogP contribution is -2.18. The maximum absolute atomic E-state index is 11.5. The maximum atomic E-state index is 11.5. The molecular weight excluding hydrogens is 266 g/mol. The lowest BCUT2D eigenvalue weighted by atomic mass is 10.2. The van der Waals surface area contributed by atoms with Gasteiger partial charge in [0.2, 0.25) is 5.13 Å². The maximum Gasteiger partial charge on any atom is 0.252 e. The van der Waals surface area contributed by atoms with Gasteiger partial charge in [-0.15, -0.1) is 10.2 Å². The van der Waals surface area contributed by atoms with Crippen LogP contribution in [0.2, 0.25) is 0 Å². The first-order chi connectivity index (χ1) is 9.28. The predicted octanol–water partition coefficient (Wildman–Crippen LogP) is 1.70. The van der Waals surface area contributed by atoms with Crippen molar-refractivity contribution in [2.75, 3.05) is 19.0 Å². The van der Waals surface area contributed by atoms with Gasteiger partial charge in [-0.2, -0.15) is 0 Å². The molecule has 1 heterocycles. The average molecular weight is 279 g/mol. The van der Waals surface area contributed by atoms with E-state index in [2.05, 4.69) is 15.5 Å². The van der Waals surface area contributed by atoms with Crippen molar-refractivity contribution in [2.45, 2.75) is 6.61 Å². The summed E-state index contributed by atoms with van der Waals surface area (Å²) in [6.45, 7) is 0.317. The highest BCUT2D eigenvalue weighted by Gasteiger charge is 2.05. The fraction of sp³-hybridized carbons (Fsp3) is 0.250. The molecule has 0 aliphatic rings. The monoisotopic (exact) mass is 279 g/mol. The molecule has 0 unspecified atom stereocenters. The number of hydrogen-bond donors (Lipinski definition) is 1. The summed E-state index contributed by atoms with van der Waals surface area (Å²) >= 11 is 1.26. The minimum Gasteiger partial charge on any atom is -0.497 e. The van der Waals surface area contributed by atoms with E-state index >= 15 is 0 Å². The molecule has 0 saturated carbocycles. The largest absolute Gasteiger partial charge is 0.497 e. The Balaban J connectivity index is 1.75. The number of methoxy groups -OCH3 is 1. The Hall–Kier alpha value is -1.99. The Morgan fingerprint density at radius 3 is 3.11 bits per heavy atom. The SMILES string of the molecule is COc1cccc(COCC(=O)Nc2nncs2)c1. The van der Waals surface area contributed by atoms with Crippen LogP contribution in [0.1, 0.15) is 5.56 Å². The van der Waals surface area contributed by atoms with Gasteiger partial charge in [-0.25, -0.2) is 0 Å². The molecule has 0 aliphatic carbocycles. The van der Waals surface area contributed by atoms with E-state index in [0.29, 0.717) is 11.7 Å². The third-order valence-corrected chi connectivity index (χ3v) is 2.85. The molecule has 1 amide bonds. The molecule has 1 aromatic heterocycles. The van der Waals surface area contributed by atoms with Crippen LogP contribution in [-0.4, -0.2) is 29.8 Å². The molecule has 0 bridgehead atoms. The number of nitrogens with zero attached hydrogens (tertiary/aromatic N) is 2. The van der Waals surface area contributed by atoms with Crippen LogP contribution >= 0.6 is 11.3 Å². The van der Waals surface area contributed by atoms with E-state index in [4.69, 9.17) is 9.47 Å². The topological polar surface area (TPSA) is 73.3 Å². The van der Waals surface area contributed by atoms with Crippen molar-refractivity contribution in [3.63, 3.8) is 0 Å². The predicted molar refractivity (Wildman–Crippen MR) is 71.2 cm³/mol. The van der Waals surface area contributed by atoms with Crippen LogP contribution in [0.4, 0.5) is 5.13 Å². The Labute approximate surface area is 114 Å². The summed E-state index contributed by atoms with van der Waals surface area (Å²) in [5.41, 5.74) is 2.50. The highest BCUT2D eigenvalue weighted by molar-refractivity contribution is 7.13. The molecule has 1 aromatic carbocycles. The van der Waals surface area contributed by atoms with Gasteiger partial charge < -0.3 is 9.47 Å². The van der Waals surface area contributed by atoms with Gasteiger partial charge in [0.1, 0.15) is 17.9 Å². The van der Waals surface area contributed by atoms with Gasteiger partial charge in [-0.3, -0.25) is 10.1 Å². The van der Waals surface area contributed by atoms with E-state index < -0.39 is 0 Å². The van der Waals surface area contributed by atoms with E-state index in [1.54, 1.807) is 12.6 Å². The van der Waals surface area contributed by atoms with Crippen molar-refractivity contribution in [2.24, 2.45) is 0 Å². The van der Waals surface area contributed by atoms with Crippen molar-refractivity contribution >= 4 is 22.4 Å². The number of nitrogens with one attached hydrogen (secondary N) is 1. The van der Waals surface area contributed by atoms with Crippen molar-refractivity contribution < 1.29 is 14.3 Å². The molecule has 0 saturated heterocycles. The van der Waals surface area contributed by atoms with Crippen molar-refractivity contribution in [1.82, 2.24) is 10.2 Å². The first-order valence-corrected chi connectivity index (χ1v) is 6.42. The first-order valence-electron chi connectivity index (χ1n) is 5.54. The molecule has 0 aliphatic heterocycles. The summed E-state index contributed by atoms with van der Waals surface area (Å²) in [4.78, 5) is 11.5. The number of carbonyl (C=O) groups excluding carboxylic acids is 1. The summed E-state index contributed by atoms with van der Waals surface area (Å²) in [7, 11) is 1.61. The minimum atomic E-state index is -0.250.